The van der Waals surface area contributed by atoms with Gasteiger partial charge in [0.25, 0.3) is 5.91 Å². The van der Waals surface area contributed by atoms with Gasteiger partial charge < -0.3 is 4.90 Å². The first kappa shape index (κ1) is 11.0. The third kappa shape index (κ3) is 2.74. The van der Waals surface area contributed by atoms with Gasteiger partial charge in [-0.25, -0.2) is 0 Å². The van der Waals surface area contributed by atoms with Crippen LogP contribution in [0.25, 0.3) is 0 Å². The molecule has 1 fully saturated rings. The van der Waals surface area contributed by atoms with Crippen LogP contribution in [0.3, 0.4) is 0 Å². The van der Waals surface area contributed by atoms with Crippen LogP contribution in [-0.4, -0.2) is 34.8 Å². The summed E-state index contributed by atoms with van der Waals surface area (Å²) in [5.41, 5.74) is 0.447. The summed E-state index contributed by atoms with van der Waals surface area (Å²) in [5, 5.41) is 0.956. The maximum atomic E-state index is 11.1. The number of nitrogens with zero attached hydrogens (tertiary/aromatic N) is 2. The zero-order valence-corrected chi connectivity index (χ0v) is 10.3. The molecule has 4 heteroatoms. The Balaban J connectivity index is 2.00. The third-order valence-corrected chi connectivity index (χ3v) is 4.15. The first-order valence-corrected chi connectivity index (χ1v) is 6.55. The van der Waals surface area contributed by atoms with Crippen molar-refractivity contribution in [1.29, 1.82) is 0 Å². The molecule has 2 aliphatic rings. The summed E-state index contributed by atoms with van der Waals surface area (Å²) < 4.78 is 0. The average molecular weight is 226 g/mol. The molecule has 0 unspecified atom stereocenters. The third-order valence-electron chi connectivity index (χ3n) is 3.16. The van der Waals surface area contributed by atoms with Crippen LogP contribution in [0.5, 0.6) is 0 Å². The highest BCUT2D eigenvalue weighted by Crippen LogP contribution is 2.31. The second-order valence-corrected chi connectivity index (χ2v) is 6.02. The van der Waals surface area contributed by atoms with Crippen molar-refractivity contribution in [2.24, 2.45) is 10.4 Å². The Morgan fingerprint density at radius 1 is 1.33 bits per heavy atom. The Morgan fingerprint density at radius 3 is 2.80 bits per heavy atom. The number of amidine groups is 1. The van der Waals surface area contributed by atoms with Gasteiger partial charge in [0.15, 0.2) is 5.17 Å². The Kier molecular flexibility index (Phi) is 3.05. The van der Waals surface area contributed by atoms with Crippen molar-refractivity contribution in [3.63, 3.8) is 0 Å². The highest BCUT2D eigenvalue weighted by Gasteiger charge is 2.27. The van der Waals surface area contributed by atoms with E-state index in [-0.39, 0.29) is 5.91 Å². The molecule has 0 atom stereocenters. The summed E-state index contributed by atoms with van der Waals surface area (Å²) in [6.07, 6.45) is 3.68. The molecule has 2 heterocycles. The van der Waals surface area contributed by atoms with E-state index in [4.69, 9.17) is 0 Å². The SMILES string of the molecule is CC1(C)CCCN(C2=NC(=O)CS2)CC1. The molecular formula is C11H18N2OS. The summed E-state index contributed by atoms with van der Waals surface area (Å²) in [5.74, 6) is 0.563. The largest absolute Gasteiger partial charge is 0.351 e. The zero-order valence-electron chi connectivity index (χ0n) is 9.45. The lowest BCUT2D eigenvalue weighted by molar-refractivity contribution is -0.115. The monoisotopic (exact) mass is 226 g/mol. The fraction of sp³-hybridized carbons (Fsp3) is 0.818. The van der Waals surface area contributed by atoms with E-state index < -0.39 is 0 Å². The van der Waals surface area contributed by atoms with Gasteiger partial charge in [0.1, 0.15) is 0 Å². The minimum Gasteiger partial charge on any atom is -0.351 e. The number of carbonyl (C=O) groups excluding carboxylic acids is 1. The summed E-state index contributed by atoms with van der Waals surface area (Å²) in [6, 6.07) is 0. The first-order chi connectivity index (χ1) is 7.07. The molecule has 0 N–H and O–H groups in total. The standard InChI is InChI=1S/C11H18N2OS/c1-11(2)4-3-6-13(7-5-11)10-12-9(14)8-15-10/h3-8H2,1-2H3. The number of aliphatic imine (C=N–C) groups is 1. The van der Waals surface area contributed by atoms with Gasteiger partial charge in [-0.3, -0.25) is 4.79 Å². The Labute approximate surface area is 95.3 Å². The van der Waals surface area contributed by atoms with Crippen molar-refractivity contribution >= 4 is 22.8 Å². The molecule has 1 saturated heterocycles. The molecule has 0 aromatic carbocycles. The van der Waals surface area contributed by atoms with Crippen LogP contribution in [0.4, 0.5) is 0 Å². The fourth-order valence-corrected chi connectivity index (χ4v) is 2.92. The van der Waals surface area contributed by atoms with E-state index in [1.807, 2.05) is 0 Å². The minimum atomic E-state index is 0.0264. The van der Waals surface area contributed by atoms with E-state index in [9.17, 15) is 4.79 Å². The van der Waals surface area contributed by atoms with Gasteiger partial charge in [-0.1, -0.05) is 25.6 Å². The molecule has 84 valence electrons. The molecule has 3 nitrogen and oxygen atoms in total. The van der Waals surface area contributed by atoms with E-state index in [1.54, 1.807) is 11.8 Å². The Bertz CT molecular complexity index is 299. The topological polar surface area (TPSA) is 32.7 Å². The van der Waals surface area contributed by atoms with Crippen molar-refractivity contribution in [2.45, 2.75) is 33.1 Å². The van der Waals surface area contributed by atoms with Crippen LogP contribution in [0.2, 0.25) is 0 Å². The van der Waals surface area contributed by atoms with E-state index in [1.165, 1.54) is 19.3 Å². The van der Waals surface area contributed by atoms with Gasteiger partial charge in [0, 0.05) is 13.1 Å². The van der Waals surface area contributed by atoms with Crippen LogP contribution in [0.15, 0.2) is 4.99 Å². The summed E-state index contributed by atoms with van der Waals surface area (Å²) in [6.45, 7) is 6.76. The molecule has 1 amide bonds. The lowest BCUT2D eigenvalue weighted by Gasteiger charge is -2.23. The van der Waals surface area contributed by atoms with Crippen molar-refractivity contribution in [3.8, 4) is 0 Å². The van der Waals surface area contributed by atoms with E-state index in [0.717, 1.165) is 18.3 Å². The number of amides is 1. The Morgan fingerprint density at radius 2 is 2.13 bits per heavy atom. The molecule has 0 radical (unpaired) electrons. The molecular weight excluding hydrogens is 208 g/mol. The molecule has 0 aromatic rings. The number of likely N-dealkylation sites (tertiary alicyclic amines) is 1. The molecule has 2 rings (SSSR count). The van der Waals surface area contributed by atoms with Crippen molar-refractivity contribution in [2.75, 3.05) is 18.8 Å². The maximum absolute atomic E-state index is 11.1. The lowest BCUT2D eigenvalue weighted by Crippen LogP contribution is -2.29. The molecule has 15 heavy (non-hydrogen) atoms. The average Bonchev–Trinajstić information content (AvgIpc) is 2.49. The van der Waals surface area contributed by atoms with Gasteiger partial charge in [0.2, 0.25) is 0 Å². The van der Waals surface area contributed by atoms with Crippen molar-refractivity contribution in [3.05, 3.63) is 0 Å². The number of rotatable bonds is 0. The van der Waals surface area contributed by atoms with E-state index in [2.05, 4.69) is 23.7 Å². The molecule has 0 aromatic heterocycles. The Hall–Kier alpha value is -0.510. The number of hydrogen-bond donors (Lipinski definition) is 0. The molecule has 0 saturated carbocycles. The quantitative estimate of drug-likeness (QED) is 0.634. The molecule has 0 bridgehead atoms. The van der Waals surface area contributed by atoms with Gasteiger partial charge in [-0.15, -0.1) is 0 Å². The van der Waals surface area contributed by atoms with E-state index >= 15 is 0 Å². The predicted octanol–water partition coefficient (Wildman–Crippen LogP) is 2.13. The summed E-state index contributed by atoms with van der Waals surface area (Å²) >= 11 is 1.59. The summed E-state index contributed by atoms with van der Waals surface area (Å²) in [7, 11) is 0. The van der Waals surface area contributed by atoms with Gasteiger partial charge >= 0.3 is 0 Å². The number of hydrogen-bond acceptors (Lipinski definition) is 3. The minimum absolute atomic E-state index is 0.0264. The highest BCUT2D eigenvalue weighted by molar-refractivity contribution is 8.14. The zero-order chi connectivity index (χ0) is 10.9. The van der Waals surface area contributed by atoms with Gasteiger partial charge in [-0.2, -0.15) is 4.99 Å². The maximum Gasteiger partial charge on any atom is 0.258 e. The van der Waals surface area contributed by atoms with E-state index in [0.29, 0.717) is 11.2 Å². The smallest absolute Gasteiger partial charge is 0.258 e. The summed E-state index contributed by atoms with van der Waals surface area (Å²) in [4.78, 5) is 17.4. The van der Waals surface area contributed by atoms with Gasteiger partial charge in [0.05, 0.1) is 5.75 Å². The van der Waals surface area contributed by atoms with Crippen LogP contribution in [-0.2, 0) is 4.79 Å². The molecule has 0 spiro atoms. The lowest BCUT2D eigenvalue weighted by atomic mass is 9.85. The van der Waals surface area contributed by atoms with Crippen LogP contribution in [0.1, 0.15) is 33.1 Å². The number of carbonyl (C=O) groups is 1. The first-order valence-electron chi connectivity index (χ1n) is 5.56. The van der Waals surface area contributed by atoms with Crippen LogP contribution in [0, 0.1) is 5.41 Å². The van der Waals surface area contributed by atoms with Crippen molar-refractivity contribution in [1.82, 2.24) is 4.90 Å². The molecule has 0 aliphatic carbocycles. The fourth-order valence-electron chi connectivity index (χ4n) is 2.07. The number of thioether (sulfide) groups is 1. The second kappa shape index (κ2) is 4.16. The van der Waals surface area contributed by atoms with Crippen LogP contribution < -0.4 is 0 Å². The highest BCUT2D eigenvalue weighted by atomic mass is 32.2. The normalized spacial score (nSPS) is 26.4. The van der Waals surface area contributed by atoms with Crippen LogP contribution >= 0.6 is 11.8 Å². The molecule has 2 aliphatic heterocycles. The van der Waals surface area contributed by atoms with Gasteiger partial charge in [-0.05, 0) is 24.7 Å². The van der Waals surface area contributed by atoms with Crippen molar-refractivity contribution < 1.29 is 4.79 Å². The predicted molar refractivity (Wildman–Crippen MR) is 64.1 cm³/mol. The second-order valence-electron chi connectivity index (χ2n) is 5.08.